The summed E-state index contributed by atoms with van der Waals surface area (Å²) in [5.41, 5.74) is 7.92. The van der Waals surface area contributed by atoms with Crippen molar-refractivity contribution in [2.45, 2.75) is 18.4 Å². The highest BCUT2D eigenvalue weighted by Crippen LogP contribution is 2.31. The molecule has 1 saturated heterocycles. The van der Waals surface area contributed by atoms with Crippen LogP contribution in [0.3, 0.4) is 0 Å². The molecule has 0 aliphatic carbocycles. The molecule has 1 aromatic heterocycles. The Kier molecular flexibility index (Phi) is 2.02. The number of H-pyrrole nitrogens is 1. The highest BCUT2D eigenvalue weighted by Gasteiger charge is 2.41. The third-order valence-corrected chi connectivity index (χ3v) is 3.45. The number of hydrogen-bond acceptors (Lipinski definition) is 3. The molecule has 16 heavy (non-hydrogen) atoms. The molecular formula is C12H15N3O. The van der Waals surface area contributed by atoms with Gasteiger partial charge in [-0.2, -0.15) is 0 Å². The fourth-order valence-corrected chi connectivity index (χ4v) is 2.16. The molecule has 0 radical (unpaired) electrons. The van der Waals surface area contributed by atoms with Gasteiger partial charge in [0.1, 0.15) is 5.82 Å². The predicted molar refractivity (Wildman–Crippen MR) is 62.2 cm³/mol. The predicted octanol–water partition coefficient (Wildman–Crippen LogP) is 1.18. The minimum Gasteiger partial charge on any atom is -0.379 e. The fraction of sp³-hybridized carbons (Fsp3) is 0.417. The number of rotatable bonds is 1. The zero-order chi connectivity index (χ0) is 11.2. The van der Waals surface area contributed by atoms with E-state index in [2.05, 4.69) is 16.9 Å². The zero-order valence-corrected chi connectivity index (χ0v) is 9.23. The molecule has 0 saturated carbocycles. The van der Waals surface area contributed by atoms with E-state index in [1.165, 1.54) is 0 Å². The van der Waals surface area contributed by atoms with Crippen molar-refractivity contribution in [3.05, 3.63) is 30.1 Å². The van der Waals surface area contributed by atoms with Gasteiger partial charge in [-0.25, -0.2) is 4.98 Å². The number of benzene rings is 1. The van der Waals surface area contributed by atoms with Gasteiger partial charge in [0.25, 0.3) is 0 Å². The maximum absolute atomic E-state index is 6.08. The lowest BCUT2D eigenvalue weighted by atomic mass is 9.85. The Morgan fingerprint density at radius 3 is 3.00 bits per heavy atom. The second-order valence-electron chi connectivity index (χ2n) is 4.64. The molecule has 1 aromatic carbocycles. The van der Waals surface area contributed by atoms with Crippen molar-refractivity contribution >= 4 is 11.0 Å². The van der Waals surface area contributed by atoms with E-state index >= 15 is 0 Å². The van der Waals surface area contributed by atoms with E-state index in [-0.39, 0.29) is 11.5 Å². The monoisotopic (exact) mass is 217 g/mol. The molecular weight excluding hydrogens is 202 g/mol. The highest BCUT2D eigenvalue weighted by atomic mass is 16.5. The molecule has 0 spiro atoms. The van der Waals surface area contributed by atoms with Gasteiger partial charge in [0.05, 0.1) is 29.7 Å². The number of aromatic amines is 1. The molecule has 3 N–H and O–H groups in total. The largest absolute Gasteiger partial charge is 0.379 e. The summed E-state index contributed by atoms with van der Waals surface area (Å²) in [4.78, 5) is 7.94. The first-order valence-corrected chi connectivity index (χ1v) is 5.49. The summed E-state index contributed by atoms with van der Waals surface area (Å²) in [6.45, 7) is 3.34. The Hall–Kier alpha value is -1.39. The van der Waals surface area contributed by atoms with Gasteiger partial charge in [0.15, 0.2) is 0 Å². The van der Waals surface area contributed by atoms with E-state index in [0.29, 0.717) is 13.2 Å². The average molecular weight is 217 g/mol. The minimum atomic E-state index is -0.195. The van der Waals surface area contributed by atoms with Gasteiger partial charge in [-0.15, -0.1) is 0 Å². The Bertz CT molecular complexity index is 489. The van der Waals surface area contributed by atoms with E-state index in [9.17, 15) is 0 Å². The molecule has 1 aliphatic heterocycles. The van der Waals surface area contributed by atoms with Crippen molar-refractivity contribution in [2.24, 2.45) is 5.73 Å². The van der Waals surface area contributed by atoms with E-state index in [0.717, 1.165) is 16.9 Å². The summed E-state index contributed by atoms with van der Waals surface area (Å²) in [5.74, 6) is 0.929. The van der Waals surface area contributed by atoms with Crippen molar-refractivity contribution in [3.63, 3.8) is 0 Å². The van der Waals surface area contributed by atoms with Gasteiger partial charge in [-0.1, -0.05) is 12.1 Å². The normalized spacial score (nSPS) is 30.0. The molecule has 4 nitrogen and oxygen atoms in total. The summed E-state index contributed by atoms with van der Waals surface area (Å²) in [7, 11) is 0. The second-order valence-corrected chi connectivity index (χ2v) is 4.64. The first kappa shape index (κ1) is 9.81. The summed E-state index contributed by atoms with van der Waals surface area (Å²) in [6, 6.07) is 8.02. The van der Waals surface area contributed by atoms with E-state index in [4.69, 9.17) is 10.5 Å². The molecule has 2 heterocycles. The van der Waals surface area contributed by atoms with Crippen LogP contribution in [-0.4, -0.2) is 29.2 Å². The molecule has 1 fully saturated rings. The van der Waals surface area contributed by atoms with Crippen molar-refractivity contribution in [1.29, 1.82) is 0 Å². The maximum atomic E-state index is 6.08. The Morgan fingerprint density at radius 2 is 2.31 bits per heavy atom. The fourth-order valence-electron chi connectivity index (χ4n) is 2.16. The van der Waals surface area contributed by atoms with Crippen LogP contribution < -0.4 is 5.73 Å². The maximum Gasteiger partial charge on any atom is 0.117 e. The average Bonchev–Trinajstić information content (AvgIpc) is 2.84. The number of aromatic nitrogens is 2. The lowest BCUT2D eigenvalue weighted by Crippen LogP contribution is -2.42. The van der Waals surface area contributed by atoms with Gasteiger partial charge >= 0.3 is 0 Å². The lowest BCUT2D eigenvalue weighted by Gasteiger charge is -2.23. The molecule has 2 aromatic rings. The van der Waals surface area contributed by atoms with Crippen molar-refractivity contribution in [1.82, 2.24) is 9.97 Å². The SMILES string of the molecule is CC1(c2nc3ccccc3[nH]2)COCC1N. The molecule has 1 aliphatic rings. The Morgan fingerprint density at radius 1 is 1.50 bits per heavy atom. The van der Waals surface area contributed by atoms with Crippen LogP contribution in [-0.2, 0) is 10.2 Å². The number of nitrogens with one attached hydrogen (secondary N) is 1. The standard InChI is InChI=1S/C12H15N3O/c1-12(7-16-6-10(12)13)11-14-8-4-2-3-5-9(8)15-11/h2-5,10H,6-7,13H2,1H3,(H,14,15). The molecule has 2 atom stereocenters. The molecule has 0 bridgehead atoms. The van der Waals surface area contributed by atoms with Crippen molar-refractivity contribution in [2.75, 3.05) is 13.2 Å². The molecule has 84 valence electrons. The van der Waals surface area contributed by atoms with Crippen LogP contribution in [0.5, 0.6) is 0 Å². The first-order chi connectivity index (χ1) is 7.70. The van der Waals surface area contributed by atoms with Gasteiger partial charge in [0.2, 0.25) is 0 Å². The first-order valence-electron chi connectivity index (χ1n) is 5.49. The zero-order valence-electron chi connectivity index (χ0n) is 9.23. The minimum absolute atomic E-state index is 0.00747. The molecule has 3 rings (SSSR count). The Balaban J connectivity index is 2.12. The quantitative estimate of drug-likeness (QED) is 0.754. The van der Waals surface area contributed by atoms with E-state index in [1.54, 1.807) is 0 Å². The number of imidazole rings is 1. The molecule has 2 unspecified atom stereocenters. The second kappa shape index (κ2) is 3.30. The number of hydrogen-bond donors (Lipinski definition) is 2. The number of para-hydroxylation sites is 2. The highest BCUT2D eigenvalue weighted by molar-refractivity contribution is 5.75. The summed E-state index contributed by atoms with van der Waals surface area (Å²) >= 11 is 0. The van der Waals surface area contributed by atoms with E-state index < -0.39 is 0 Å². The van der Waals surface area contributed by atoms with Crippen LogP contribution in [0.15, 0.2) is 24.3 Å². The summed E-state index contributed by atoms with van der Waals surface area (Å²) < 4.78 is 5.44. The van der Waals surface area contributed by atoms with Crippen LogP contribution in [0.25, 0.3) is 11.0 Å². The van der Waals surface area contributed by atoms with Gasteiger partial charge < -0.3 is 15.5 Å². The van der Waals surface area contributed by atoms with Crippen molar-refractivity contribution < 1.29 is 4.74 Å². The van der Waals surface area contributed by atoms with E-state index in [1.807, 2.05) is 24.3 Å². The van der Waals surface area contributed by atoms with Crippen molar-refractivity contribution in [3.8, 4) is 0 Å². The lowest BCUT2D eigenvalue weighted by molar-refractivity contribution is 0.178. The van der Waals surface area contributed by atoms with Crippen LogP contribution >= 0.6 is 0 Å². The number of ether oxygens (including phenoxy) is 1. The third-order valence-electron chi connectivity index (χ3n) is 3.45. The number of fused-ring (bicyclic) bond motifs is 1. The smallest absolute Gasteiger partial charge is 0.117 e. The number of nitrogens with zero attached hydrogens (tertiary/aromatic N) is 1. The van der Waals surface area contributed by atoms with Gasteiger partial charge in [0, 0.05) is 6.04 Å². The molecule has 4 heteroatoms. The summed E-state index contributed by atoms with van der Waals surface area (Å²) in [5, 5.41) is 0. The molecule has 0 amide bonds. The van der Waals surface area contributed by atoms with Crippen LogP contribution in [0, 0.1) is 0 Å². The van der Waals surface area contributed by atoms with Gasteiger partial charge in [-0.3, -0.25) is 0 Å². The van der Waals surface area contributed by atoms with Gasteiger partial charge in [-0.05, 0) is 19.1 Å². The summed E-state index contributed by atoms with van der Waals surface area (Å²) in [6.07, 6.45) is 0. The third kappa shape index (κ3) is 1.27. The van der Waals surface area contributed by atoms with Crippen LogP contribution in [0.1, 0.15) is 12.7 Å². The van der Waals surface area contributed by atoms with Crippen LogP contribution in [0.2, 0.25) is 0 Å². The topological polar surface area (TPSA) is 63.9 Å². The number of nitrogens with two attached hydrogens (primary N) is 1. The van der Waals surface area contributed by atoms with Crippen LogP contribution in [0.4, 0.5) is 0 Å². The Labute approximate surface area is 93.8 Å².